The van der Waals surface area contributed by atoms with E-state index in [0.29, 0.717) is 0 Å². The minimum absolute atomic E-state index is 0.402. The van der Waals surface area contributed by atoms with Crippen molar-refractivity contribution in [3.63, 3.8) is 0 Å². The van der Waals surface area contributed by atoms with Crippen LogP contribution >= 0.6 is 23.1 Å². The standard InChI is InChI=1S/C7H8O2S2/c1-10-6(7(8)9)5-2-3-11-4-5/h2-4,6H,1H3,(H,8,9). The van der Waals surface area contributed by atoms with Crippen molar-refractivity contribution >= 4 is 29.1 Å². The summed E-state index contributed by atoms with van der Waals surface area (Å²) in [6.45, 7) is 0. The molecular weight excluding hydrogens is 180 g/mol. The van der Waals surface area contributed by atoms with Crippen molar-refractivity contribution in [2.24, 2.45) is 0 Å². The summed E-state index contributed by atoms with van der Waals surface area (Å²) in [4.78, 5) is 10.6. The monoisotopic (exact) mass is 188 g/mol. The molecule has 1 unspecified atom stereocenters. The zero-order valence-corrected chi connectivity index (χ0v) is 7.61. The van der Waals surface area contributed by atoms with Gasteiger partial charge in [-0.2, -0.15) is 11.3 Å². The Kier molecular flexibility index (Phi) is 2.96. The Morgan fingerprint density at radius 3 is 2.91 bits per heavy atom. The van der Waals surface area contributed by atoms with Gasteiger partial charge in [0.05, 0.1) is 0 Å². The third-order valence-electron chi connectivity index (χ3n) is 1.31. The third-order valence-corrected chi connectivity index (χ3v) is 2.95. The van der Waals surface area contributed by atoms with Gasteiger partial charge in [-0.25, -0.2) is 0 Å². The van der Waals surface area contributed by atoms with Crippen LogP contribution < -0.4 is 0 Å². The summed E-state index contributed by atoms with van der Waals surface area (Å²) >= 11 is 2.87. The Morgan fingerprint density at radius 1 is 1.82 bits per heavy atom. The van der Waals surface area contributed by atoms with Gasteiger partial charge < -0.3 is 5.11 Å². The largest absolute Gasteiger partial charge is 0.480 e. The van der Waals surface area contributed by atoms with Gasteiger partial charge in [0.25, 0.3) is 0 Å². The van der Waals surface area contributed by atoms with Crippen molar-refractivity contribution < 1.29 is 9.90 Å². The molecule has 0 bridgehead atoms. The SMILES string of the molecule is CSC(C(=O)O)c1ccsc1. The lowest BCUT2D eigenvalue weighted by molar-refractivity contribution is -0.136. The summed E-state index contributed by atoms with van der Waals surface area (Å²) in [5.41, 5.74) is 0.884. The molecule has 1 atom stereocenters. The Bertz CT molecular complexity index is 231. The third kappa shape index (κ3) is 1.97. The van der Waals surface area contributed by atoms with E-state index < -0.39 is 11.2 Å². The van der Waals surface area contributed by atoms with Crippen molar-refractivity contribution in [2.75, 3.05) is 6.26 Å². The minimum Gasteiger partial charge on any atom is -0.480 e. The van der Waals surface area contributed by atoms with Gasteiger partial charge in [0.1, 0.15) is 5.25 Å². The number of rotatable bonds is 3. The van der Waals surface area contributed by atoms with Gasteiger partial charge in [0.15, 0.2) is 0 Å². The number of carboxylic acid groups (broad SMARTS) is 1. The highest BCUT2D eigenvalue weighted by Crippen LogP contribution is 2.27. The second-order valence-electron chi connectivity index (χ2n) is 2.01. The van der Waals surface area contributed by atoms with Crippen LogP contribution in [0.5, 0.6) is 0 Å². The maximum atomic E-state index is 10.6. The van der Waals surface area contributed by atoms with Gasteiger partial charge >= 0.3 is 5.97 Å². The molecule has 1 N–H and O–H groups in total. The highest BCUT2D eigenvalue weighted by molar-refractivity contribution is 7.99. The molecule has 0 amide bonds. The fourth-order valence-corrected chi connectivity index (χ4v) is 2.20. The van der Waals surface area contributed by atoms with Gasteiger partial charge in [0, 0.05) is 0 Å². The van der Waals surface area contributed by atoms with Crippen LogP contribution in [0.3, 0.4) is 0 Å². The number of hydrogen-bond donors (Lipinski definition) is 1. The molecule has 1 rings (SSSR count). The predicted octanol–water partition coefficient (Wildman–Crippen LogP) is 2.24. The molecule has 0 saturated heterocycles. The maximum Gasteiger partial charge on any atom is 0.321 e. The van der Waals surface area contributed by atoms with E-state index in [1.807, 2.05) is 16.8 Å². The van der Waals surface area contributed by atoms with Crippen molar-refractivity contribution in [2.45, 2.75) is 5.25 Å². The molecule has 0 aliphatic rings. The van der Waals surface area contributed by atoms with E-state index in [1.54, 1.807) is 6.26 Å². The second-order valence-corrected chi connectivity index (χ2v) is 3.73. The number of hydrogen-bond acceptors (Lipinski definition) is 3. The molecule has 1 heterocycles. The van der Waals surface area contributed by atoms with Gasteiger partial charge in [-0.05, 0) is 28.6 Å². The van der Waals surface area contributed by atoms with Crippen LogP contribution in [-0.2, 0) is 4.79 Å². The number of aliphatic carboxylic acids is 1. The Labute approximate surface area is 73.2 Å². The molecule has 0 aliphatic heterocycles. The number of carboxylic acids is 1. The smallest absolute Gasteiger partial charge is 0.321 e. The fraction of sp³-hybridized carbons (Fsp3) is 0.286. The fourth-order valence-electron chi connectivity index (χ4n) is 0.804. The Hall–Kier alpha value is -0.480. The number of thiophene rings is 1. The summed E-state index contributed by atoms with van der Waals surface area (Å²) in [6, 6.07) is 1.85. The predicted molar refractivity (Wildman–Crippen MR) is 48.2 cm³/mol. The van der Waals surface area contributed by atoms with Gasteiger partial charge in [-0.1, -0.05) is 0 Å². The first-order valence-corrected chi connectivity index (χ1v) is 5.26. The van der Waals surface area contributed by atoms with E-state index in [9.17, 15) is 4.79 Å². The Balaban J connectivity index is 2.79. The molecular formula is C7H8O2S2. The van der Waals surface area contributed by atoms with Crippen molar-refractivity contribution in [1.29, 1.82) is 0 Å². The van der Waals surface area contributed by atoms with E-state index in [1.165, 1.54) is 23.1 Å². The average Bonchev–Trinajstić information content (AvgIpc) is 2.40. The van der Waals surface area contributed by atoms with Crippen molar-refractivity contribution in [3.05, 3.63) is 22.4 Å². The molecule has 1 aromatic rings. The van der Waals surface area contributed by atoms with Gasteiger partial charge in [-0.15, -0.1) is 11.8 Å². The summed E-state index contributed by atoms with van der Waals surface area (Å²) < 4.78 is 0. The van der Waals surface area contributed by atoms with Crippen LogP contribution in [0.25, 0.3) is 0 Å². The zero-order valence-electron chi connectivity index (χ0n) is 5.98. The lowest BCUT2D eigenvalue weighted by Crippen LogP contribution is -2.05. The molecule has 1 aromatic heterocycles. The van der Waals surface area contributed by atoms with E-state index in [2.05, 4.69) is 0 Å². The van der Waals surface area contributed by atoms with Crippen LogP contribution in [0, 0.1) is 0 Å². The highest BCUT2D eigenvalue weighted by atomic mass is 32.2. The molecule has 60 valence electrons. The van der Waals surface area contributed by atoms with Crippen molar-refractivity contribution in [1.82, 2.24) is 0 Å². The van der Waals surface area contributed by atoms with Gasteiger partial charge in [0.2, 0.25) is 0 Å². The average molecular weight is 188 g/mol. The molecule has 0 spiro atoms. The first kappa shape index (κ1) is 8.62. The van der Waals surface area contributed by atoms with Crippen LogP contribution in [0.4, 0.5) is 0 Å². The van der Waals surface area contributed by atoms with E-state index in [-0.39, 0.29) is 0 Å². The lowest BCUT2D eigenvalue weighted by Gasteiger charge is -2.05. The molecule has 2 nitrogen and oxygen atoms in total. The van der Waals surface area contributed by atoms with Crippen LogP contribution in [0.2, 0.25) is 0 Å². The summed E-state index contributed by atoms with van der Waals surface area (Å²) in [5.74, 6) is -0.768. The molecule has 0 saturated carbocycles. The van der Waals surface area contributed by atoms with Gasteiger partial charge in [-0.3, -0.25) is 4.79 Å². The first-order valence-electron chi connectivity index (χ1n) is 3.03. The Morgan fingerprint density at radius 2 is 2.55 bits per heavy atom. The quantitative estimate of drug-likeness (QED) is 0.790. The van der Waals surface area contributed by atoms with E-state index in [4.69, 9.17) is 5.11 Å². The zero-order chi connectivity index (χ0) is 8.27. The second kappa shape index (κ2) is 3.78. The highest BCUT2D eigenvalue weighted by Gasteiger charge is 2.17. The minimum atomic E-state index is -0.768. The number of carbonyl (C=O) groups is 1. The van der Waals surface area contributed by atoms with Crippen LogP contribution in [-0.4, -0.2) is 17.3 Å². The molecule has 0 aliphatic carbocycles. The lowest BCUT2D eigenvalue weighted by atomic mass is 10.2. The topological polar surface area (TPSA) is 37.3 Å². The molecule has 0 fully saturated rings. The molecule has 11 heavy (non-hydrogen) atoms. The molecule has 0 radical (unpaired) electrons. The van der Waals surface area contributed by atoms with Crippen LogP contribution in [0.1, 0.15) is 10.8 Å². The molecule has 4 heteroatoms. The van der Waals surface area contributed by atoms with E-state index in [0.717, 1.165) is 5.56 Å². The first-order chi connectivity index (χ1) is 5.25. The number of thioether (sulfide) groups is 1. The molecule has 0 aromatic carbocycles. The van der Waals surface area contributed by atoms with Crippen LogP contribution in [0.15, 0.2) is 16.8 Å². The normalized spacial score (nSPS) is 12.8. The maximum absolute atomic E-state index is 10.6. The summed E-state index contributed by atoms with van der Waals surface area (Å²) in [5, 5.41) is 12.1. The van der Waals surface area contributed by atoms with Crippen molar-refractivity contribution in [3.8, 4) is 0 Å². The summed E-state index contributed by atoms with van der Waals surface area (Å²) in [7, 11) is 0. The summed E-state index contributed by atoms with van der Waals surface area (Å²) in [6.07, 6.45) is 1.80. The van der Waals surface area contributed by atoms with E-state index >= 15 is 0 Å².